The molecule has 1 heterocycles. The average molecular weight is 271 g/mol. The summed E-state index contributed by atoms with van der Waals surface area (Å²) < 4.78 is 2.26. The Morgan fingerprint density at radius 1 is 1.00 bits per heavy atom. The predicted octanol–water partition coefficient (Wildman–Crippen LogP) is 2.92. The zero-order chi connectivity index (χ0) is 14.1. The van der Waals surface area contributed by atoms with E-state index in [0.717, 1.165) is 17.2 Å². The standard InChI is InChI=1S/C15H21N5/c1-10-18-19-15(11-7-12(16)9-13(17)8-11)20(10)14-5-3-2-4-6-14/h7-9,14H,2-6,16-17H2,1H3. The summed E-state index contributed by atoms with van der Waals surface area (Å²) in [5.41, 5.74) is 14.1. The number of benzene rings is 1. The lowest BCUT2D eigenvalue weighted by Crippen LogP contribution is -2.15. The Morgan fingerprint density at radius 2 is 1.65 bits per heavy atom. The van der Waals surface area contributed by atoms with E-state index in [1.165, 1.54) is 32.1 Å². The maximum atomic E-state index is 5.89. The molecule has 0 radical (unpaired) electrons. The molecule has 4 N–H and O–H groups in total. The van der Waals surface area contributed by atoms with Crippen LogP contribution in [-0.4, -0.2) is 14.8 Å². The van der Waals surface area contributed by atoms with Crippen molar-refractivity contribution in [3.63, 3.8) is 0 Å². The minimum atomic E-state index is 0.497. The van der Waals surface area contributed by atoms with Crippen molar-refractivity contribution in [1.82, 2.24) is 14.8 Å². The Balaban J connectivity index is 2.05. The van der Waals surface area contributed by atoms with Crippen LogP contribution in [0.5, 0.6) is 0 Å². The van der Waals surface area contributed by atoms with Gasteiger partial charge in [-0.2, -0.15) is 0 Å². The fourth-order valence-corrected chi connectivity index (χ4v) is 3.15. The van der Waals surface area contributed by atoms with Crippen LogP contribution >= 0.6 is 0 Å². The first-order chi connectivity index (χ1) is 9.65. The highest BCUT2D eigenvalue weighted by atomic mass is 15.3. The molecule has 0 aliphatic heterocycles. The van der Waals surface area contributed by atoms with Gasteiger partial charge in [-0.25, -0.2) is 0 Å². The number of rotatable bonds is 2. The van der Waals surface area contributed by atoms with Gasteiger partial charge in [0, 0.05) is 23.0 Å². The van der Waals surface area contributed by atoms with E-state index in [1.807, 2.05) is 19.1 Å². The highest BCUT2D eigenvalue weighted by Crippen LogP contribution is 2.33. The molecule has 1 aliphatic carbocycles. The highest BCUT2D eigenvalue weighted by Gasteiger charge is 2.22. The van der Waals surface area contributed by atoms with Gasteiger partial charge in [0.2, 0.25) is 0 Å². The number of hydrogen-bond acceptors (Lipinski definition) is 4. The van der Waals surface area contributed by atoms with Crippen molar-refractivity contribution in [2.45, 2.75) is 45.1 Å². The summed E-state index contributed by atoms with van der Waals surface area (Å²) in [7, 11) is 0. The van der Waals surface area contributed by atoms with Gasteiger partial charge in [-0.15, -0.1) is 10.2 Å². The normalized spacial score (nSPS) is 16.4. The second-order valence-electron chi connectivity index (χ2n) is 5.62. The first kappa shape index (κ1) is 13.0. The molecule has 5 heteroatoms. The van der Waals surface area contributed by atoms with Gasteiger partial charge in [-0.3, -0.25) is 0 Å². The van der Waals surface area contributed by atoms with Crippen LogP contribution in [0.1, 0.15) is 44.0 Å². The first-order valence-electron chi connectivity index (χ1n) is 7.23. The molecule has 3 rings (SSSR count). The molecule has 1 saturated carbocycles. The molecular weight excluding hydrogens is 250 g/mol. The first-order valence-corrected chi connectivity index (χ1v) is 7.23. The Kier molecular flexibility index (Phi) is 3.34. The van der Waals surface area contributed by atoms with Gasteiger partial charge < -0.3 is 16.0 Å². The van der Waals surface area contributed by atoms with E-state index in [2.05, 4.69) is 14.8 Å². The van der Waals surface area contributed by atoms with Crippen LogP contribution in [0.4, 0.5) is 11.4 Å². The number of nitrogens with two attached hydrogens (primary N) is 2. The van der Waals surface area contributed by atoms with Crippen LogP contribution in [0.2, 0.25) is 0 Å². The SMILES string of the molecule is Cc1nnc(-c2cc(N)cc(N)c2)n1C1CCCCC1. The molecule has 0 amide bonds. The van der Waals surface area contributed by atoms with Crippen LogP contribution < -0.4 is 11.5 Å². The van der Waals surface area contributed by atoms with E-state index < -0.39 is 0 Å². The van der Waals surface area contributed by atoms with Crippen LogP contribution in [0.15, 0.2) is 18.2 Å². The van der Waals surface area contributed by atoms with E-state index in [9.17, 15) is 0 Å². The summed E-state index contributed by atoms with van der Waals surface area (Å²) in [4.78, 5) is 0. The molecule has 0 spiro atoms. The molecular formula is C15H21N5. The van der Waals surface area contributed by atoms with Crippen LogP contribution in [0, 0.1) is 6.92 Å². The van der Waals surface area contributed by atoms with Gasteiger partial charge in [0.25, 0.3) is 0 Å². The fourth-order valence-electron chi connectivity index (χ4n) is 3.15. The Labute approximate surface area is 119 Å². The maximum Gasteiger partial charge on any atom is 0.164 e. The highest BCUT2D eigenvalue weighted by molar-refractivity contribution is 5.68. The van der Waals surface area contributed by atoms with Crippen molar-refractivity contribution in [1.29, 1.82) is 0 Å². The van der Waals surface area contributed by atoms with Crippen LogP contribution in [-0.2, 0) is 0 Å². The van der Waals surface area contributed by atoms with Crippen molar-refractivity contribution < 1.29 is 0 Å². The molecule has 0 bridgehead atoms. The van der Waals surface area contributed by atoms with E-state index >= 15 is 0 Å². The number of hydrogen-bond donors (Lipinski definition) is 2. The molecule has 1 fully saturated rings. The molecule has 1 aliphatic rings. The number of aryl methyl sites for hydroxylation is 1. The number of nitrogens with zero attached hydrogens (tertiary/aromatic N) is 3. The molecule has 2 aromatic rings. The summed E-state index contributed by atoms with van der Waals surface area (Å²) in [6.07, 6.45) is 6.28. The molecule has 0 saturated heterocycles. The summed E-state index contributed by atoms with van der Waals surface area (Å²) in [6, 6.07) is 6.09. The molecule has 5 nitrogen and oxygen atoms in total. The van der Waals surface area contributed by atoms with E-state index in [-0.39, 0.29) is 0 Å². The van der Waals surface area contributed by atoms with Crippen LogP contribution in [0.3, 0.4) is 0 Å². The third-order valence-electron chi connectivity index (χ3n) is 4.04. The van der Waals surface area contributed by atoms with Crippen molar-refractivity contribution >= 4 is 11.4 Å². The summed E-state index contributed by atoms with van der Waals surface area (Å²) in [5, 5.41) is 8.60. The van der Waals surface area contributed by atoms with Gasteiger partial charge in [0.15, 0.2) is 5.82 Å². The van der Waals surface area contributed by atoms with Gasteiger partial charge in [0.05, 0.1) is 0 Å². The van der Waals surface area contributed by atoms with Crippen molar-refractivity contribution in [2.75, 3.05) is 11.5 Å². The third-order valence-corrected chi connectivity index (χ3v) is 4.04. The largest absolute Gasteiger partial charge is 0.399 e. The van der Waals surface area contributed by atoms with Crippen molar-refractivity contribution in [2.24, 2.45) is 0 Å². The number of aromatic nitrogens is 3. The van der Waals surface area contributed by atoms with E-state index in [4.69, 9.17) is 11.5 Å². The van der Waals surface area contributed by atoms with Gasteiger partial charge in [0.1, 0.15) is 5.82 Å². The second kappa shape index (κ2) is 5.15. The van der Waals surface area contributed by atoms with E-state index in [1.54, 1.807) is 6.07 Å². The Hall–Kier alpha value is -2.04. The zero-order valence-corrected chi connectivity index (χ0v) is 11.8. The summed E-state index contributed by atoms with van der Waals surface area (Å²) in [6.45, 7) is 2.01. The lowest BCUT2D eigenvalue weighted by atomic mass is 9.95. The molecule has 20 heavy (non-hydrogen) atoms. The molecule has 106 valence electrons. The number of anilines is 2. The van der Waals surface area contributed by atoms with Gasteiger partial charge in [-0.1, -0.05) is 19.3 Å². The van der Waals surface area contributed by atoms with Gasteiger partial charge in [-0.05, 0) is 38.0 Å². The van der Waals surface area contributed by atoms with E-state index in [0.29, 0.717) is 17.4 Å². The smallest absolute Gasteiger partial charge is 0.164 e. The topological polar surface area (TPSA) is 82.8 Å². The zero-order valence-electron chi connectivity index (χ0n) is 11.8. The quantitative estimate of drug-likeness (QED) is 0.823. The van der Waals surface area contributed by atoms with Crippen molar-refractivity contribution in [3.05, 3.63) is 24.0 Å². The number of nitrogen functional groups attached to an aromatic ring is 2. The minimum absolute atomic E-state index is 0.497. The third kappa shape index (κ3) is 2.35. The Bertz CT molecular complexity index is 590. The molecule has 0 unspecified atom stereocenters. The molecule has 0 atom stereocenters. The molecule has 1 aromatic carbocycles. The average Bonchev–Trinajstić information content (AvgIpc) is 2.80. The van der Waals surface area contributed by atoms with Gasteiger partial charge >= 0.3 is 0 Å². The van der Waals surface area contributed by atoms with Crippen molar-refractivity contribution in [3.8, 4) is 11.4 Å². The van der Waals surface area contributed by atoms with Crippen LogP contribution in [0.25, 0.3) is 11.4 Å². The second-order valence-corrected chi connectivity index (χ2v) is 5.62. The monoisotopic (exact) mass is 271 g/mol. The predicted molar refractivity (Wildman–Crippen MR) is 81.1 cm³/mol. The summed E-state index contributed by atoms with van der Waals surface area (Å²) in [5.74, 6) is 1.85. The lowest BCUT2D eigenvalue weighted by Gasteiger charge is -2.25. The molecule has 1 aromatic heterocycles. The lowest BCUT2D eigenvalue weighted by molar-refractivity contribution is 0.350. The maximum absolute atomic E-state index is 5.89. The fraction of sp³-hybridized carbons (Fsp3) is 0.467. The minimum Gasteiger partial charge on any atom is -0.399 e. The Morgan fingerprint density at radius 3 is 2.30 bits per heavy atom. The summed E-state index contributed by atoms with van der Waals surface area (Å²) >= 11 is 0.